The number of pyridine rings is 1. The van der Waals surface area contributed by atoms with Gasteiger partial charge in [0, 0.05) is 82.3 Å². The lowest BCUT2D eigenvalue weighted by Gasteiger charge is -2.43. The molecule has 0 bridgehead atoms. The maximum Gasteiger partial charge on any atom is 0.301 e. The van der Waals surface area contributed by atoms with E-state index in [0.717, 1.165) is 74.9 Å². The van der Waals surface area contributed by atoms with Crippen molar-refractivity contribution in [2.45, 2.75) is 69.4 Å². The minimum atomic E-state index is -3.16. The fourth-order valence-corrected chi connectivity index (χ4v) is 9.96. The van der Waals surface area contributed by atoms with Gasteiger partial charge in [0.15, 0.2) is 18.2 Å². The smallest absolute Gasteiger partial charge is 0.301 e. The summed E-state index contributed by atoms with van der Waals surface area (Å²) in [7, 11) is 3.48. The van der Waals surface area contributed by atoms with Gasteiger partial charge < -0.3 is 29.7 Å². The molecule has 15 nitrogen and oxygen atoms in total. The van der Waals surface area contributed by atoms with E-state index in [9.17, 15) is 14.4 Å². The first-order valence-corrected chi connectivity index (χ1v) is 21.6. The molecule has 7 heterocycles. The van der Waals surface area contributed by atoms with E-state index in [-0.39, 0.29) is 35.0 Å². The topological polar surface area (TPSA) is 155 Å². The quantitative estimate of drug-likeness (QED) is 0.175. The lowest BCUT2D eigenvalue weighted by Crippen LogP contribution is -2.54. The number of benzene rings is 2. The Labute approximate surface area is 355 Å². The SMILES string of the molecule is CC1CN(c2cccc3c(C4CCC(=O)NC4=O)nn(C)c23)CCN1CC1CCN(c2ncc(F)c(Nc3ccc4c(c3)c3c(c(=O)n4C)OCC(F)(F)C(C4CC4)N3)n2)CC1. The Morgan fingerprint density at radius 3 is 2.53 bits per heavy atom. The molecule has 0 spiro atoms. The number of aromatic nitrogens is 5. The number of carbonyl (C=O) groups excluding carboxylic acids is 2. The monoisotopic (exact) mass is 853 g/mol. The summed E-state index contributed by atoms with van der Waals surface area (Å²) < 4.78 is 54.3. The van der Waals surface area contributed by atoms with Crippen LogP contribution in [-0.4, -0.2) is 105 Å². The highest BCUT2D eigenvalue weighted by molar-refractivity contribution is 6.04. The Hall–Kier alpha value is -5.91. The van der Waals surface area contributed by atoms with Gasteiger partial charge >= 0.3 is 5.92 Å². The molecule has 62 heavy (non-hydrogen) atoms. The lowest BCUT2D eigenvalue weighted by atomic mass is 9.92. The molecule has 3 atom stereocenters. The number of fused-ring (bicyclic) bond motifs is 4. The number of nitrogens with one attached hydrogen (secondary N) is 3. The number of ether oxygens (including phenoxy) is 1. The molecule has 2 aromatic carbocycles. The highest BCUT2D eigenvalue weighted by Gasteiger charge is 2.51. The van der Waals surface area contributed by atoms with Gasteiger partial charge in [-0.3, -0.25) is 29.3 Å². The van der Waals surface area contributed by atoms with Gasteiger partial charge in [0.2, 0.25) is 23.5 Å². The molecule has 18 heteroatoms. The van der Waals surface area contributed by atoms with Crippen molar-refractivity contribution < 1.29 is 27.5 Å². The van der Waals surface area contributed by atoms with Crippen LogP contribution in [0.4, 0.5) is 42.0 Å². The lowest BCUT2D eigenvalue weighted by molar-refractivity contribution is -0.134. The third-order valence-electron chi connectivity index (χ3n) is 13.5. The standard InChI is InChI=1S/C44H50F3N11O4/c1-24-21-58(33-6-4-5-28-35(53-55(3)37(28)33)29-10-12-34(59)50-41(29)60)18-17-57(24)22-25-13-15-56(16-14-25)43-48-20-31(45)40(52-43)49-27-9-11-32-30(19-27)36-38(42(61)54(32)2)62-23-44(46,47)39(51-36)26-7-8-26/h4-6,9,11,19-20,24-26,29,39,51H,7-8,10,12-18,21-23H2,1-3H3,(H,48,49,52)(H,50,59,60). The van der Waals surface area contributed by atoms with E-state index >= 15 is 13.2 Å². The zero-order chi connectivity index (χ0) is 43.0. The van der Waals surface area contributed by atoms with Gasteiger partial charge in [0.1, 0.15) is 0 Å². The van der Waals surface area contributed by atoms with Crippen molar-refractivity contribution in [2.24, 2.45) is 25.9 Å². The Balaban J connectivity index is 0.788. The number of hydrogen-bond donors (Lipinski definition) is 3. The van der Waals surface area contributed by atoms with Crippen LogP contribution in [0.25, 0.3) is 21.8 Å². The van der Waals surface area contributed by atoms with Crippen LogP contribution in [0.15, 0.2) is 47.4 Å². The number of carbonyl (C=O) groups is 2. The van der Waals surface area contributed by atoms with Gasteiger partial charge in [-0.25, -0.2) is 18.2 Å². The van der Waals surface area contributed by atoms with Gasteiger partial charge in [-0.05, 0) is 75.1 Å². The van der Waals surface area contributed by atoms with Crippen molar-refractivity contribution >= 4 is 62.4 Å². The molecular weight excluding hydrogens is 804 g/mol. The van der Waals surface area contributed by atoms with Crippen LogP contribution >= 0.6 is 0 Å². The maximum atomic E-state index is 15.3. The Morgan fingerprint density at radius 1 is 0.968 bits per heavy atom. The fourth-order valence-electron chi connectivity index (χ4n) is 9.96. The molecule has 10 rings (SSSR count). The summed E-state index contributed by atoms with van der Waals surface area (Å²) >= 11 is 0. The van der Waals surface area contributed by atoms with Crippen molar-refractivity contribution in [2.75, 3.05) is 66.3 Å². The first-order chi connectivity index (χ1) is 29.8. The summed E-state index contributed by atoms with van der Waals surface area (Å²) in [6.07, 6.45) is 5.12. The summed E-state index contributed by atoms with van der Waals surface area (Å²) in [5, 5.41) is 14.8. The molecule has 1 saturated carbocycles. The van der Waals surface area contributed by atoms with Gasteiger partial charge in [-0.15, -0.1) is 0 Å². The molecule has 0 radical (unpaired) electrons. The summed E-state index contributed by atoms with van der Waals surface area (Å²) in [4.78, 5) is 53.8. The third kappa shape index (κ3) is 7.24. The average molecular weight is 854 g/mol. The molecule has 3 saturated heterocycles. The minimum absolute atomic E-state index is 0.0142. The van der Waals surface area contributed by atoms with Crippen molar-refractivity contribution in [3.63, 3.8) is 0 Å². The number of piperazine rings is 1. The number of anilines is 5. The maximum absolute atomic E-state index is 15.3. The number of nitrogens with zero attached hydrogens (tertiary/aromatic N) is 8. The second-order valence-corrected chi connectivity index (χ2v) is 17.7. The Bertz CT molecular complexity index is 2660. The third-order valence-corrected chi connectivity index (χ3v) is 13.5. The van der Waals surface area contributed by atoms with Gasteiger partial charge in [0.25, 0.3) is 5.56 Å². The number of imide groups is 1. The Morgan fingerprint density at radius 2 is 1.77 bits per heavy atom. The van der Waals surface area contributed by atoms with Gasteiger partial charge in [0.05, 0.1) is 46.3 Å². The van der Waals surface area contributed by atoms with Crippen LogP contribution in [0.1, 0.15) is 57.1 Å². The average Bonchev–Trinajstić information content (AvgIpc) is 4.06. The predicted molar refractivity (Wildman–Crippen MR) is 229 cm³/mol. The summed E-state index contributed by atoms with van der Waals surface area (Å²) in [6.45, 7) is 6.36. The van der Waals surface area contributed by atoms with Crippen molar-refractivity contribution in [1.29, 1.82) is 0 Å². The first kappa shape index (κ1) is 40.2. The number of aryl methyl sites for hydroxylation is 2. The number of rotatable bonds is 8. The number of halogens is 3. The zero-order valence-electron chi connectivity index (χ0n) is 35.0. The van der Waals surface area contributed by atoms with E-state index in [4.69, 9.17) is 9.84 Å². The number of hydrogen-bond acceptors (Lipinski definition) is 12. The first-order valence-electron chi connectivity index (χ1n) is 21.6. The minimum Gasteiger partial charge on any atom is -0.480 e. The van der Waals surface area contributed by atoms with Gasteiger partial charge in [-0.2, -0.15) is 10.1 Å². The highest BCUT2D eigenvalue weighted by atomic mass is 19.3. The second kappa shape index (κ2) is 15.5. The number of piperidine rings is 2. The normalized spacial score (nSPS) is 23.5. The predicted octanol–water partition coefficient (Wildman–Crippen LogP) is 5.26. The Kier molecular flexibility index (Phi) is 10.0. The van der Waals surface area contributed by atoms with E-state index in [1.54, 1.807) is 25.2 Å². The molecule has 4 aliphatic heterocycles. The molecule has 3 unspecified atom stereocenters. The molecule has 3 N–H and O–H groups in total. The molecule has 1 aliphatic carbocycles. The van der Waals surface area contributed by atoms with Crippen LogP contribution in [0.3, 0.4) is 0 Å². The zero-order valence-corrected chi connectivity index (χ0v) is 35.0. The van der Waals surface area contributed by atoms with E-state index in [0.29, 0.717) is 65.9 Å². The van der Waals surface area contributed by atoms with Crippen molar-refractivity contribution in [3.05, 3.63) is 64.5 Å². The summed E-state index contributed by atoms with van der Waals surface area (Å²) in [5.41, 5.74) is 3.48. The van der Waals surface area contributed by atoms with E-state index in [1.165, 1.54) is 4.57 Å². The van der Waals surface area contributed by atoms with E-state index in [2.05, 4.69) is 53.6 Å². The molecular formula is C44H50F3N11O4. The summed E-state index contributed by atoms with van der Waals surface area (Å²) in [5.74, 6) is -4.28. The van der Waals surface area contributed by atoms with Gasteiger partial charge in [-0.1, -0.05) is 12.1 Å². The van der Waals surface area contributed by atoms with Crippen molar-refractivity contribution in [3.8, 4) is 5.75 Å². The van der Waals surface area contributed by atoms with E-state index in [1.807, 2.05) is 23.9 Å². The van der Waals surface area contributed by atoms with Crippen LogP contribution in [0, 0.1) is 17.7 Å². The molecule has 5 aliphatic rings. The van der Waals surface area contributed by atoms with E-state index < -0.39 is 35.9 Å². The van der Waals surface area contributed by atoms with Crippen LogP contribution in [-0.2, 0) is 23.7 Å². The molecule has 5 aromatic rings. The van der Waals surface area contributed by atoms with Crippen LogP contribution < -0.4 is 36.0 Å². The molecule has 4 fully saturated rings. The highest BCUT2D eigenvalue weighted by Crippen LogP contribution is 2.46. The largest absolute Gasteiger partial charge is 0.480 e. The second-order valence-electron chi connectivity index (χ2n) is 17.7. The fraction of sp³-hybridized carbons (Fsp3) is 0.500. The number of para-hydroxylation sites is 1. The van der Waals surface area contributed by atoms with Crippen LogP contribution in [0.2, 0.25) is 0 Å². The van der Waals surface area contributed by atoms with Crippen LogP contribution in [0.5, 0.6) is 5.75 Å². The molecule has 326 valence electrons. The number of amides is 2. The molecule has 2 amide bonds. The number of alkyl halides is 2. The molecule has 3 aromatic heterocycles. The van der Waals surface area contributed by atoms with Crippen molar-refractivity contribution in [1.82, 2.24) is 34.5 Å². The summed E-state index contributed by atoms with van der Waals surface area (Å²) in [6, 6.07) is 10.4.